The van der Waals surface area contributed by atoms with E-state index in [1.807, 2.05) is 36.4 Å². The van der Waals surface area contributed by atoms with E-state index in [2.05, 4.69) is 21.4 Å². The van der Waals surface area contributed by atoms with Crippen LogP contribution in [0.25, 0.3) is 22.0 Å². The number of anilines is 1. The Hall–Kier alpha value is -2.67. The third-order valence-electron chi connectivity index (χ3n) is 5.31. The SMILES string of the molecule is C=CC(=O)N1CCN(c2ncnc3cc(Cl)c(-c4ccc(Cl)cc4)cc23)C[C@H]1CO. The highest BCUT2D eigenvalue weighted by molar-refractivity contribution is 6.34. The molecule has 30 heavy (non-hydrogen) atoms. The molecular formula is C22H20Cl2N4O2. The minimum atomic E-state index is -0.336. The van der Waals surface area contributed by atoms with Gasteiger partial charge in [-0.2, -0.15) is 0 Å². The van der Waals surface area contributed by atoms with E-state index in [9.17, 15) is 9.90 Å². The van der Waals surface area contributed by atoms with Gasteiger partial charge < -0.3 is 14.9 Å². The Morgan fingerprint density at radius 1 is 1.20 bits per heavy atom. The van der Waals surface area contributed by atoms with Gasteiger partial charge in [0, 0.05) is 35.6 Å². The molecule has 0 unspecified atom stereocenters. The van der Waals surface area contributed by atoms with Crippen LogP contribution in [0.15, 0.2) is 55.4 Å². The molecule has 6 nitrogen and oxygen atoms in total. The summed E-state index contributed by atoms with van der Waals surface area (Å²) in [4.78, 5) is 24.7. The maximum absolute atomic E-state index is 12.1. The number of nitrogens with zero attached hydrogens (tertiary/aromatic N) is 4. The van der Waals surface area contributed by atoms with Gasteiger partial charge in [0.15, 0.2) is 0 Å². The summed E-state index contributed by atoms with van der Waals surface area (Å²) in [6.45, 7) is 4.92. The van der Waals surface area contributed by atoms with Crippen LogP contribution in [-0.2, 0) is 4.79 Å². The maximum Gasteiger partial charge on any atom is 0.246 e. The van der Waals surface area contributed by atoms with Gasteiger partial charge in [-0.1, -0.05) is 41.9 Å². The summed E-state index contributed by atoms with van der Waals surface area (Å²) in [6, 6.07) is 10.9. The predicted molar refractivity (Wildman–Crippen MR) is 120 cm³/mol. The zero-order valence-electron chi connectivity index (χ0n) is 16.1. The molecule has 1 N–H and O–H groups in total. The maximum atomic E-state index is 12.1. The Morgan fingerprint density at radius 2 is 1.97 bits per heavy atom. The van der Waals surface area contributed by atoms with Crippen LogP contribution >= 0.6 is 23.2 Å². The quantitative estimate of drug-likeness (QED) is 0.622. The van der Waals surface area contributed by atoms with Gasteiger partial charge in [-0.25, -0.2) is 9.97 Å². The number of fused-ring (bicyclic) bond motifs is 1. The number of hydrogen-bond acceptors (Lipinski definition) is 5. The molecule has 1 aromatic heterocycles. The Bertz CT molecular complexity index is 1100. The van der Waals surface area contributed by atoms with Gasteiger partial charge in [0.05, 0.1) is 23.2 Å². The molecule has 8 heteroatoms. The van der Waals surface area contributed by atoms with Crippen molar-refractivity contribution in [2.24, 2.45) is 0 Å². The molecule has 1 fully saturated rings. The van der Waals surface area contributed by atoms with Gasteiger partial charge in [-0.3, -0.25) is 4.79 Å². The first-order valence-corrected chi connectivity index (χ1v) is 10.3. The first kappa shape index (κ1) is 20.6. The van der Waals surface area contributed by atoms with Gasteiger partial charge in [-0.05, 0) is 35.9 Å². The lowest BCUT2D eigenvalue weighted by atomic mass is 10.0. The molecular weight excluding hydrogens is 423 g/mol. The largest absolute Gasteiger partial charge is 0.394 e. The highest BCUT2D eigenvalue weighted by Gasteiger charge is 2.30. The van der Waals surface area contributed by atoms with Gasteiger partial charge >= 0.3 is 0 Å². The van der Waals surface area contributed by atoms with Crippen molar-refractivity contribution in [3.63, 3.8) is 0 Å². The molecule has 3 aromatic rings. The topological polar surface area (TPSA) is 69.6 Å². The van der Waals surface area contributed by atoms with E-state index in [0.29, 0.717) is 29.7 Å². The zero-order valence-corrected chi connectivity index (χ0v) is 17.6. The Kier molecular flexibility index (Phi) is 5.90. The van der Waals surface area contributed by atoms with Gasteiger partial charge in [0.2, 0.25) is 5.91 Å². The third-order valence-corrected chi connectivity index (χ3v) is 5.87. The van der Waals surface area contributed by atoms with Crippen LogP contribution in [0.4, 0.5) is 5.82 Å². The lowest BCUT2D eigenvalue weighted by molar-refractivity contribution is -0.129. The zero-order chi connectivity index (χ0) is 21.3. The van der Waals surface area contributed by atoms with E-state index in [-0.39, 0.29) is 18.6 Å². The lowest BCUT2D eigenvalue weighted by Crippen LogP contribution is -2.56. The van der Waals surface area contributed by atoms with Crippen LogP contribution in [0.5, 0.6) is 0 Å². The number of carbonyl (C=O) groups excluding carboxylic acids is 1. The minimum Gasteiger partial charge on any atom is -0.394 e. The van der Waals surface area contributed by atoms with E-state index >= 15 is 0 Å². The number of amides is 1. The first-order valence-electron chi connectivity index (χ1n) is 9.51. The Morgan fingerprint density at radius 3 is 2.67 bits per heavy atom. The van der Waals surface area contributed by atoms with Crippen molar-refractivity contribution in [1.29, 1.82) is 0 Å². The smallest absolute Gasteiger partial charge is 0.246 e. The highest BCUT2D eigenvalue weighted by atomic mass is 35.5. The van der Waals surface area contributed by atoms with E-state index in [0.717, 1.165) is 27.8 Å². The number of hydrogen-bond donors (Lipinski definition) is 1. The fourth-order valence-corrected chi connectivity index (χ4v) is 4.17. The number of carbonyl (C=O) groups is 1. The predicted octanol–water partition coefficient (Wildman–Crippen LogP) is 3.80. The number of aromatic nitrogens is 2. The highest BCUT2D eigenvalue weighted by Crippen LogP contribution is 2.35. The fourth-order valence-electron chi connectivity index (χ4n) is 3.78. The standard InChI is InChI=1S/C22H20Cl2N4O2/c1-2-21(30)28-8-7-27(11-16(28)12-29)22-18-9-17(14-3-5-15(23)6-4-14)19(24)10-20(18)25-13-26-22/h2-6,9-10,13,16,29H,1,7-8,11-12H2/t16-/m0/s1. The molecule has 4 rings (SSSR count). The second-order valence-electron chi connectivity index (χ2n) is 7.07. The van der Waals surface area contributed by atoms with Crippen LogP contribution in [0.2, 0.25) is 10.0 Å². The summed E-state index contributed by atoms with van der Waals surface area (Å²) >= 11 is 12.6. The molecule has 0 radical (unpaired) electrons. The monoisotopic (exact) mass is 442 g/mol. The summed E-state index contributed by atoms with van der Waals surface area (Å²) in [6.07, 6.45) is 2.78. The van der Waals surface area contributed by atoms with Crippen molar-refractivity contribution in [3.8, 4) is 11.1 Å². The normalized spacial score (nSPS) is 16.7. The first-order chi connectivity index (χ1) is 14.5. The van der Waals surface area contributed by atoms with Gasteiger partial charge in [-0.15, -0.1) is 0 Å². The number of rotatable bonds is 4. The van der Waals surface area contributed by atoms with Crippen LogP contribution in [0, 0.1) is 0 Å². The van der Waals surface area contributed by atoms with Crippen LogP contribution in [0.1, 0.15) is 0 Å². The fraction of sp³-hybridized carbons (Fsp3) is 0.227. The number of aliphatic hydroxyl groups excluding tert-OH is 1. The van der Waals surface area contributed by atoms with Crippen molar-refractivity contribution in [1.82, 2.24) is 14.9 Å². The molecule has 2 heterocycles. The molecule has 0 spiro atoms. The number of aliphatic hydroxyl groups is 1. The van der Waals surface area contributed by atoms with E-state index in [1.165, 1.54) is 12.4 Å². The van der Waals surface area contributed by atoms with E-state index in [1.54, 1.807) is 4.90 Å². The number of piperazine rings is 1. The van der Waals surface area contributed by atoms with E-state index < -0.39 is 0 Å². The summed E-state index contributed by atoms with van der Waals surface area (Å²) in [5, 5.41) is 11.9. The molecule has 1 amide bonds. The molecule has 0 bridgehead atoms. The van der Waals surface area contributed by atoms with Crippen molar-refractivity contribution in [3.05, 3.63) is 65.4 Å². The van der Waals surface area contributed by atoms with Gasteiger partial charge in [0.1, 0.15) is 12.1 Å². The van der Waals surface area contributed by atoms with Crippen LogP contribution in [0.3, 0.4) is 0 Å². The molecule has 2 aromatic carbocycles. The average Bonchev–Trinajstić information content (AvgIpc) is 2.78. The third kappa shape index (κ3) is 3.86. The number of halogens is 2. The second kappa shape index (κ2) is 8.60. The summed E-state index contributed by atoms with van der Waals surface area (Å²) in [5.41, 5.74) is 2.53. The Balaban J connectivity index is 1.74. The van der Waals surface area contributed by atoms with Crippen molar-refractivity contribution in [2.75, 3.05) is 31.1 Å². The summed E-state index contributed by atoms with van der Waals surface area (Å²) < 4.78 is 0. The van der Waals surface area contributed by atoms with Crippen LogP contribution < -0.4 is 4.90 Å². The van der Waals surface area contributed by atoms with Crippen molar-refractivity contribution >= 4 is 45.8 Å². The number of benzene rings is 2. The molecule has 154 valence electrons. The molecule has 1 aliphatic heterocycles. The molecule has 0 saturated carbocycles. The van der Waals surface area contributed by atoms with Gasteiger partial charge in [0.25, 0.3) is 0 Å². The van der Waals surface area contributed by atoms with Crippen molar-refractivity contribution < 1.29 is 9.90 Å². The summed E-state index contributed by atoms with van der Waals surface area (Å²) in [5.74, 6) is 0.564. The van der Waals surface area contributed by atoms with E-state index in [4.69, 9.17) is 23.2 Å². The molecule has 1 aliphatic rings. The average molecular weight is 443 g/mol. The molecule has 1 saturated heterocycles. The summed E-state index contributed by atoms with van der Waals surface area (Å²) in [7, 11) is 0. The molecule has 0 aliphatic carbocycles. The van der Waals surface area contributed by atoms with Crippen LogP contribution in [-0.4, -0.2) is 58.2 Å². The Labute approximate surface area is 184 Å². The lowest BCUT2D eigenvalue weighted by Gasteiger charge is -2.41. The minimum absolute atomic E-state index is 0.138. The second-order valence-corrected chi connectivity index (χ2v) is 7.92. The van der Waals surface area contributed by atoms with Crippen molar-refractivity contribution in [2.45, 2.75) is 6.04 Å². The molecule has 1 atom stereocenters.